The van der Waals surface area contributed by atoms with E-state index < -0.39 is 7.67 Å². The van der Waals surface area contributed by atoms with Crippen LogP contribution in [0.4, 0.5) is 0 Å². The molecule has 19 heavy (non-hydrogen) atoms. The van der Waals surface area contributed by atoms with Gasteiger partial charge in [-0.2, -0.15) is 0 Å². The van der Waals surface area contributed by atoms with E-state index in [0.29, 0.717) is 12.5 Å². The van der Waals surface area contributed by atoms with Crippen molar-refractivity contribution in [2.75, 3.05) is 32.8 Å². The molecule has 2 saturated heterocycles. The van der Waals surface area contributed by atoms with Crippen LogP contribution >= 0.6 is 7.67 Å². The van der Waals surface area contributed by atoms with Crippen LogP contribution in [0.2, 0.25) is 0 Å². The molecular formula is C14H27N2O2P. The van der Waals surface area contributed by atoms with Crippen LogP contribution < -0.4 is 0 Å². The Hall–Kier alpha value is -0.150. The summed E-state index contributed by atoms with van der Waals surface area (Å²) in [6.45, 7) is 10.9. The first-order valence-electron chi connectivity index (χ1n) is 7.41. The van der Waals surface area contributed by atoms with Gasteiger partial charge in [0.15, 0.2) is 0 Å². The van der Waals surface area contributed by atoms with E-state index in [2.05, 4.69) is 26.8 Å². The van der Waals surface area contributed by atoms with E-state index in [1.807, 2.05) is 9.34 Å². The summed E-state index contributed by atoms with van der Waals surface area (Å²) in [7, 11) is -2.58. The van der Waals surface area contributed by atoms with Crippen molar-refractivity contribution >= 4 is 7.67 Å². The number of nitrogens with zero attached hydrogens (tertiary/aromatic N) is 2. The van der Waals surface area contributed by atoms with Crippen molar-refractivity contribution in [3.8, 4) is 0 Å². The number of hydrogen-bond donors (Lipinski definition) is 0. The summed E-state index contributed by atoms with van der Waals surface area (Å²) in [6, 6.07) is 0. The molecule has 0 aromatic carbocycles. The molecule has 0 radical (unpaired) electrons. The van der Waals surface area contributed by atoms with Crippen LogP contribution in [-0.4, -0.2) is 42.1 Å². The zero-order valence-electron chi connectivity index (χ0n) is 12.5. The highest BCUT2D eigenvalue weighted by atomic mass is 31.2. The second-order valence-electron chi connectivity index (χ2n) is 5.98. The van der Waals surface area contributed by atoms with E-state index in [1.165, 1.54) is 12.0 Å². The van der Waals surface area contributed by atoms with Gasteiger partial charge in [0, 0.05) is 26.2 Å². The topological polar surface area (TPSA) is 32.3 Å². The first-order chi connectivity index (χ1) is 9.02. The Balaban J connectivity index is 1.65. The minimum atomic E-state index is -2.58. The van der Waals surface area contributed by atoms with Crippen LogP contribution in [0.25, 0.3) is 0 Å². The molecule has 5 heteroatoms. The smallest absolute Gasteiger partial charge is 0.306 e. The van der Waals surface area contributed by atoms with Gasteiger partial charge < -0.3 is 4.52 Å². The molecule has 0 unspecified atom stereocenters. The van der Waals surface area contributed by atoms with Crippen molar-refractivity contribution in [3.05, 3.63) is 11.6 Å². The molecule has 110 valence electrons. The molecule has 0 aromatic heterocycles. The van der Waals surface area contributed by atoms with Gasteiger partial charge in [-0.3, -0.25) is 4.57 Å². The molecule has 0 amide bonds. The van der Waals surface area contributed by atoms with Gasteiger partial charge in [-0.05, 0) is 39.0 Å². The Bertz CT molecular complexity index is 356. The van der Waals surface area contributed by atoms with Gasteiger partial charge in [-0.25, -0.2) is 9.34 Å². The van der Waals surface area contributed by atoms with Gasteiger partial charge in [0.25, 0.3) is 0 Å². The van der Waals surface area contributed by atoms with Crippen molar-refractivity contribution in [1.82, 2.24) is 9.34 Å². The standard InChI is InChI=1S/C14H27N2O2P/c1-13(2)5-4-6-14(3)7-12-18-19(17,15-8-9-15)16-10-11-16/h5,14H,4,6-12H2,1-3H3/t14-/m1/s1. The second-order valence-corrected chi connectivity index (χ2v) is 8.35. The van der Waals surface area contributed by atoms with Crippen LogP contribution in [0.5, 0.6) is 0 Å². The van der Waals surface area contributed by atoms with Crippen LogP contribution in [0, 0.1) is 5.92 Å². The molecular weight excluding hydrogens is 259 g/mol. The summed E-state index contributed by atoms with van der Waals surface area (Å²) in [5, 5.41) is 0. The average Bonchev–Trinajstić information content (AvgIpc) is 3.17. The van der Waals surface area contributed by atoms with E-state index in [0.717, 1.165) is 39.0 Å². The fourth-order valence-corrected chi connectivity index (χ4v) is 4.33. The molecule has 4 nitrogen and oxygen atoms in total. The van der Waals surface area contributed by atoms with E-state index in [9.17, 15) is 4.57 Å². The summed E-state index contributed by atoms with van der Waals surface area (Å²) in [5.41, 5.74) is 1.39. The SMILES string of the molecule is CC(C)=CCC[C@@H](C)CCOP(=O)(N1CC1)N1CC1. The second kappa shape index (κ2) is 6.53. The average molecular weight is 286 g/mol. The Labute approximate surface area is 117 Å². The van der Waals surface area contributed by atoms with E-state index >= 15 is 0 Å². The lowest BCUT2D eigenvalue weighted by atomic mass is 10.0. The van der Waals surface area contributed by atoms with Gasteiger partial charge in [0.1, 0.15) is 0 Å². The van der Waals surface area contributed by atoms with Gasteiger partial charge in [0.05, 0.1) is 6.61 Å². The highest BCUT2D eigenvalue weighted by molar-refractivity contribution is 7.54. The fraction of sp³-hybridized carbons (Fsp3) is 0.857. The molecule has 0 bridgehead atoms. The minimum Gasteiger partial charge on any atom is -0.306 e. The summed E-state index contributed by atoms with van der Waals surface area (Å²) in [4.78, 5) is 0. The van der Waals surface area contributed by atoms with Crippen molar-refractivity contribution < 1.29 is 9.09 Å². The third-order valence-corrected chi connectivity index (χ3v) is 6.39. The van der Waals surface area contributed by atoms with Gasteiger partial charge in [-0.1, -0.05) is 18.6 Å². The lowest BCUT2D eigenvalue weighted by molar-refractivity contribution is 0.248. The largest absolute Gasteiger partial charge is 0.346 e. The molecule has 2 fully saturated rings. The quantitative estimate of drug-likeness (QED) is 0.369. The van der Waals surface area contributed by atoms with Crippen molar-refractivity contribution in [1.29, 1.82) is 0 Å². The third-order valence-electron chi connectivity index (χ3n) is 3.64. The van der Waals surface area contributed by atoms with Crippen molar-refractivity contribution in [2.24, 2.45) is 5.92 Å². The van der Waals surface area contributed by atoms with Crippen molar-refractivity contribution in [3.63, 3.8) is 0 Å². The first kappa shape index (κ1) is 15.2. The van der Waals surface area contributed by atoms with Crippen LogP contribution in [0.3, 0.4) is 0 Å². The van der Waals surface area contributed by atoms with E-state index in [1.54, 1.807) is 0 Å². The zero-order chi connectivity index (χ0) is 13.9. The summed E-state index contributed by atoms with van der Waals surface area (Å²) in [6.07, 6.45) is 5.61. The van der Waals surface area contributed by atoms with Crippen LogP contribution in [0.1, 0.15) is 40.0 Å². The molecule has 0 aliphatic carbocycles. The van der Waals surface area contributed by atoms with E-state index in [-0.39, 0.29) is 0 Å². The molecule has 2 rings (SSSR count). The lowest BCUT2D eigenvalue weighted by Gasteiger charge is -2.20. The molecule has 2 aliphatic rings. The predicted octanol–water partition coefficient (Wildman–Crippen LogP) is 3.51. The number of rotatable bonds is 9. The van der Waals surface area contributed by atoms with Crippen LogP contribution in [-0.2, 0) is 9.09 Å². The Morgan fingerprint density at radius 1 is 1.21 bits per heavy atom. The van der Waals surface area contributed by atoms with Crippen molar-refractivity contribution in [2.45, 2.75) is 40.0 Å². The maximum atomic E-state index is 12.6. The summed E-state index contributed by atoms with van der Waals surface area (Å²) < 4.78 is 22.4. The molecule has 1 atom stereocenters. The zero-order valence-corrected chi connectivity index (χ0v) is 13.4. The monoisotopic (exact) mass is 286 g/mol. The maximum absolute atomic E-state index is 12.6. The molecule has 0 N–H and O–H groups in total. The Kier molecular flexibility index (Phi) is 5.24. The van der Waals surface area contributed by atoms with Crippen LogP contribution in [0.15, 0.2) is 11.6 Å². The predicted molar refractivity (Wildman–Crippen MR) is 79.2 cm³/mol. The number of allylic oxidation sites excluding steroid dienone is 2. The fourth-order valence-electron chi connectivity index (χ4n) is 2.11. The normalized spacial score (nSPS) is 21.2. The number of hydrogen-bond acceptors (Lipinski definition) is 2. The first-order valence-corrected chi connectivity index (χ1v) is 8.94. The summed E-state index contributed by atoms with van der Waals surface area (Å²) >= 11 is 0. The Morgan fingerprint density at radius 2 is 1.79 bits per heavy atom. The van der Waals surface area contributed by atoms with E-state index in [4.69, 9.17) is 4.52 Å². The maximum Gasteiger partial charge on any atom is 0.346 e. The molecule has 0 saturated carbocycles. The third kappa shape index (κ3) is 4.71. The molecule has 0 aromatic rings. The highest BCUT2D eigenvalue weighted by Gasteiger charge is 2.49. The van der Waals surface area contributed by atoms with Gasteiger partial charge >= 0.3 is 7.67 Å². The van der Waals surface area contributed by atoms with Gasteiger partial charge in [0.2, 0.25) is 0 Å². The molecule has 2 heterocycles. The molecule has 2 aliphatic heterocycles. The Morgan fingerprint density at radius 3 is 2.26 bits per heavy atom. The summed E-state index contributed by atoms with van der Waals surface area (Å²) in [5.74, 6) is 0.632. The minimum absolute atomic E-state index is 0.625. The van der Waals surface area contributed by atoms with Gasteiger partial charge in [-0.15, -0.1) is 0 Å². The molecule has 0 spiro atoms. The lowest BCUT2D eigenvalue weighted by Crippen LogP contribution is -2.10. The highest BCUT2D eigenvalue weighted by Crippen LogP contribution is 2.61.